The Morgan fingerprint density at radius 2 is 2.19 bits per heavy atom. The second kappa shape index (κ2) is 9.62. The lowest BCUT2D eigenvalue weighted by atomic mass is 10.1. The van der Waals surface area contributed by atoms with Gasteiger partial charge in [0.1, 0.15) is 5.82 Å². The van der Waals surface area contributed by atoms with Crippen molar-refractivity contribution in [2.45, 2.75) is 45.2 Å². The molecule has 0 saturated carbocycles. The quantitative estimate of drug-likeness (QED) is 0.444. The van der Waals surface area contributed by atoms with Crippen LogP contribution in [0.2, 0.25) is 0 Å². The predicted octanol–water partition coefficient (Wildman–Crippen LogP) is 2.87. The van der Waals surface area contributed by atoms with Gasteiger partial charge in [-0.2, -0.15) is 0 Å². The lowest BCUT2D eigenvalue weighted by Crippen LogP contribution is -2.48. The van der Waals surface area contributed by atoms with Gasteiger partial charge in [0.2, 0.25) is 0 Å². The van der Waals surface area contributed by atoms with E-state index < -0.39 is 0 Å². The highest BCUT2D eigenvalue weighted by atomic mass is 32.1. The van der Waals surface area contributed by atoms with Gasteiger partial charge in [0.25, 0.3) is 0 Å². The first-order chi connectivity index (χ1) is 12.8. The molecule has 0 aliphatic carbocycles. The number of aryl methyl sites for hydroxylation is 2. The average molecular weight is 375 g/mol. The minimum absolute atomic E-state index is 0.506. The van der Waals surface area contributed by atoms with Gasteiger partial charge in [-0.1, -0.05) is 0 Å². The molecule has 0 atom stereocenters. The van der Waals surface area contributed by atoms with Gasteiger partial charge in [0.15, 0.2) is 5.96 Å². The van der Waals surface area contributed by atoms with Crippen molar-refractivity contribution < 1.29 is 0 Å². The van der Waals surface area contributed by atoms with E-state index in [-0.39, 0.29) is 0 Å². The summed E-state index contributed by atoms with van der Waals surface area (Å²) in [5.41, 5.74) is 0. The number of nitrogens with zero attached hydrogens (tertiary/aromatic N) is 4. The van der Waals surface area contributed by atoms with Crippen molar-refractivity contribution in [2.75, 3.05) is 31.6 Å². The van der Waals surface area contributed by atoms with Crippen molar-refractivity contribution in [1.29, 1.82) is 0 Å². The molecule has 2 aromatic heterocycles. The molecule has 1 saturated heterocycles. The zero-order valence-corrected chi connectivity index (χ0v) is 16.6. The van der Waals surface area contributed by atoms with E-state index in [0.717, 1.165) is 63.6 Å². The van der Waals surface area contributed by atoms with Crippen LogP contribution in [0, 0.1) is 6.92 Å². The van der Waals surface area contributed by atoms with Crippen molar-refractivity contribution in [1.82, 2.24) is 20.2 Å². The Morgan fingerprint density at radius 3 is 2.85 bits per heavy atom. The third-order valence-electron chi connectivity index (χ3n) is 4.92. The summed E-state index contributed by atoms with van der Waals surface area (Å²) in [5.74, 6) is 2.02. The molecule has 0 unspecified atom stereocenters. The van der Waals surface area contributed by atoms with Crippen LogP contribution >= 0.6 is 11.3 Å². The van der Waals surface area contributed by atoms with Crippen molar-refractivity contribution in [2.24, 2.45) is 4.99 Å². The number of aromatic nitrogens is 2. The number of piperidine rings is 1. The van der Waals surface area contributed by atoms with Crippen LogP contribution in [-0.2, 0) is 6.54 Å². The van der Waals surface area contributed by atoms with E-state index in [1.54, 1.807) is 0 Å². The minimum Gasteiger partial charge on any atom is -0.363 e. The zero-order chi connectivity index (χ0) is 18.2. The molecule has 0 spiro atoms. The maximum absolute atomic E-state index is 4.38. The van der Waals surface area contributed by atoms with Gasteiger partial charge in [-0.3, -0.25) is 4.99 Å². The van der Waals surface area contributed by atoms with E-state index in [2.05, 4.69) is 47.6 Å². The van der Waals surface area contributed by atoms with Crippen LogP contribution in [0.4, 0.5) is 5.00 Å². The number of imidazole rings is 1. The zero-order valence-electron chi connectivity index (χ0n) is 15.8. The molecular weight excluding hydrogens is 344 g/mol. The number of thiophene rings is 1. The molecule has 6 nitrogen and oxygen atoms in total. The van der Waals surface area contributed by atoms with Gasteiger partial charge in [0, 0.05) is 51.7 Å². The first-order valence-corrected chi connectivity index (χ1v) is 10.4. The number of hydrogen-bond acceptors (Lipinski definition) is 4. The van der Waals surface area contributed by atoms with Crippen LogP contribution in [0.1, 0.15) is 31.5 Å². The topological polar surface area (TPSA) is 57.5 Å². The summed E-state index contributed by atoms with van der Waals surface area (Å²) in [5, 5.41) is 10.6. The number of nitrogens with one attached hydrogen (secondary N) is 2. The highest BCUT2D eigenvalue weighted by Crippen LogP contribution is 2.24. The fourth-order valence-electron chi connectivity index (χ4n) is 3.34. The molecule has 1 fully saturated rings. The second-order valence-electron chi connectivity index (χ2n) is 6.73. The molecule has 1 aliphatic heterocycles. The molecule has 2 aromatic rings. The summed E-state index contributed by atoms with van der Waals surface area (Å²) >= 11 is 1.83. The third-order valence-corrected chi connectivity index (χ3v) is 5.85. The summed E-state index contributed by atoms with van der Waals surface area (Å²) in [6.45, 7) is 6.24. The number of unbranched alkanes of at least 4 members (excludes halogenated alkanes) is 1. The maximum Gasteiger partial charge on any atom is 0.191 e. The Hall–Kier alpha value is -2.02. The molecule has 0 radical (unpaired) electrons. The van der Waals surface area contributed by atoms with Gasteiger partial charge < -0.3 is 20.1 Å². The Balaban J connectivity index is 1.31. The molecule has 26 heavy (non-hydrogen) atoms. The second-order valence-corrected chi connectivity index (χ2v) is 7.66. The summed E-state index contributed by atoms with van der Waals surface area (Å²) in [6.07, 6.45) is 8.47. The molecule has 0 bridgehead atoms. The third kappa shape index (κ3) is 5.24. The average Bonchev–Trinajstić information content (AvgIpc) is 3.33. The van der Waals surface area contributed by atoms with Crippen LogP contribution in [0.25, 0.3) is 0 Å². The molecule has 142 valence electrons. The van der Waals surface area contributed by atoms with Crippen LogP contribution < -0.4 is 15.5 Å². The first-order valence-electron chi connectivity index (χ1n) is 9.49. The number of aliphatic imine (C=N–C) groups is 1. The number of hydrogen-bond donors (Lipinski definition) is 2. The number of rotatable bonds is 7. The Labute approximate surface area is 160 Å². The Bertz CT molecular complexity index is 670. The van der Waals surface area contributed by atoms with E-state index in [1.165, 1.54) is 5.00 Å². The van der Waals surface area contributed by atoms with Crippen molar-refractivity contribution in [3.63, 3.8) is 0 Å². The van der Waals surface area contributed by atoms with Gasteiger partial charge in [-0.05, 0) is 50.1 Å². The fraction of sp³-hybridized carbons (Fsp3) is 0.579. The van der Waals surface area contributed by atoms with Crippen LogP contribution in [-0.4, -0.2) is 48.2 Å². The van der Waals surface area contributed by atoms with E-state index in [0.29, 0.717) is 6.04 Å². The number of anilines is 1. The lowest BCUT2D eigenvalue weighted by molar-refractivity contribution is 0.462. The SMILES string of the molecule is CN=C(NCCCCn1ccnc1C)NC1CCN(c2cccs2)CC1. The van der Waals surface area contributed by atoms with Gasteiger partial charge in [-0.15, -0.1) is 11.3 Å². The van der Waals surface area contributed by atoms with Gasteiger partial charge >= 0.3 is 0 Å². The minimum atomic E-state index is 0.506. The van der Waals surface area contributed by atoms with Crippen LogP contribution in [0.15, 0.2) is 34.9 Å². The van der Waals surface area contributed by atoms with E-state index in [4.69, 9.17) is 0 Å². The summed E-state index contributed by atoms with van der Waals surface area (Å²) in [7, 11) is 1.85. The van der Waals surface area contributed by atoms with Gasteiger partial charge in [0.05, 0.1) is 5.00 Å². The summed E-state index contributed by atoms with van der Waals surface area (Å²) in [6, 6.07) is 4.85. The largest absolute Gasteiger partial charge is 0.363 e. The molecule has 0 aromatic carbocycles. The van der Waals surface area contributed by atoms with Crippen LogP contribution in [0.3, 0.4) is 0 Å². The van der Waals surface area contributed by atoms with E-state index >= 15 is 0 Å². The first kappa shape index (κ1) is 18.8. The normalized spacial score (nSPS) is 16.1. The fourth-order valence-corrected chi connectivity index (χ4v) is 4.12. The number of guanidine groups is 1. The Kier molecular flexibility index (Phi) is 6.94. The van der Waals surface area contributed by atoms with Crippen LogP contribution in [0.5, 0.6) is 0 Å². The molecule has 2 N–H and O–H groups in total. The summed E-state index contributed by atoms with van der Waals surface area (Å²) in [4.78, 5) is 11.1. The van der Waals surface area contributed by atoms with E-state index in [1.807, 2.05) is 37.7 Å². The molecule has 1 aliphatic rings. The van der Waals surface area contributed by atoms with Crippen molar-refractivity contribution in [3.8, 4) is 0 Å². The highest BCUT2D eigenvalue weighted by Gasteiger charge is 2.20. The van der Waals surface area contributed by atoms with Crippen molar-refractivity contribution in [3.05, 3.63) is 35.7 Å². The maximum atomic E-state index is 4.38. The monoisotopic (exact) mass is 374 g/mol. The molecule has 0 amide bonds. The molecule has 3 rings (SSSR count). The predicted molar refractivity (Wildman–Crippen MR) is 110 cm³/mol. The molecule has 7 heteroatoms. The lowest BCUT2D eigenvalue weighted by Gasteiger charge is -2.33. The highest BCUT2D eigenvalue weighted by molar-refractivity contribution is 7.14. The Morgan fingerprint density at radius 1 is 1.35 bits per heavy atom. The smallest absolute Gasteiger partial charge is 0.191 e. The van der Waals surface area contributed by atoms with Crippen molar-refractivity contribution >= 4 is 22.3 Å². The summed E-state index contributed by atoms with van der Waals surface area (Å²) < 4.78 is 2.20. The van der Waals surface area contributed by atoms with Gasteiger partial charge in [-0.25, -0.2) is 4.98 Å². The molecular formula is C19H30N6S. The van der Waals surface area contributed by atoms with E-state index in [9.17, 15) is 0 Å². The molecule has 3 heterocycles. The standard InChI is InChI=1S/C19H30N6S/c1-16-21-10-14-24(16)11-4-3-9-22-19(20-2)23-17-7-12-25(13-8-17)18-6-5-15-26-18/h5-6,10,14-15,17H,3-4,7-9,11-13H2,1-2H3,(H2,20,22,23).